The summed E-state index contributed by atoms with van der Waals surface area (Å²) in [6.45, 7) is 8.44. The van der Waals surface area contributed by atoms with Crippen molar-refractivity contribution < 1.29 is 4.79 Å². The summed E-state index contributed by atoms with van der Waals surface area (Å²) in [5.41, 5.74) is 0.101. The van der Waals surface area contributed by atoms with E-state index in [0.29, 0.717) is 11.7 Å². The van der Waals surface area contributed by atoms with E-state index in [0.717, 1.165) is 18.8 Å². The molecule has 0 aromatic carbocycles. The SMILES string of the molecule is CC(=O)C1(C(C)CC(C)C)CC1. The Morgan fingerprint density at radius 2 is 1.83 bits per heavy atom. The maximum absolute atomic E-state index is 11.4. The summed E-state index contributed by atoms with van der Waals surface area (Å²) in [5.74, 6) is 1.72. The van der Waals surface area contributed by atoms with E-state index in [9.17, 15) is 4.79 Å². The Morgan fingerprint density at radius 1 is 1.33 bits per heavy atom. The highest BCUT2D eigenvalue weighted by atomic mass is 16.1. The topological polar surface area (TPSA) is 17.1 Å². The summed E-state index contributed by atoms with van der Waals surface area (Å²) >= 11 is 0. The zero-order valence-corrected chi connectivity index (χ0v) is 8.68. The molecule has 1 aliphatic carbocycles. The van der Waals surface area contributed by atoms with E-state index in [-0.39, 0.29) is 5.41 Å². The highest BCUT2D eigenvalue weighted by Gasteiger charge is 2.50. The molecule has 1 rings (SSSR count). The zero-order chi connectivity index (χ0) is 9.35. The van der Waals surface area contributed by atoms with Crippen LogP contribution in [0.3, 0.4) is 0 Å². The summed E-state index contributed by atoms with van der Waals surface area (Å²) in [7, 11) is 0. The van der Waals surface area contributed by atoms with E-state index in [4.69, 9.17) is 0 Å². The molecule has 1 aliphatic rings. The minimum absolute atomic E-state index is 0.101. The van der Waals surface area contributed by atoms with Gasteiger partial charge in [0.1, 0.15) is 5.78 Å². The lowest BCUT2D eigenvalue weighted by atomic mass is 9.82. The molecule has 12 heavy (non-hydrogen) atoms. The summed E-state index contributed by atoms with van der Waals surface area (Å²) in [4.78, 5) is 11.4. The maximum Gasteiger partial charge on any atom is 0.136 e. The van der Waals surface area contributed by atoms with Crippen LogP contribution in [0.2, 0.25) is 0 Å². The zero-order valence-electron chi connectivity index (χ0n) is 8.68. The summed E-state index contributed by atoms with van der Waals surface area (Å²) in [6.07, 6.45) is 3.46. The smallest absolute Gasteiger partial charge is 0.136 e. The Labute approximate surface area is 75.5 Å². The molecule has 1 nitrogen and oxygen atoms in total. The normalized spacial score (nSPS) is 22.4. The lowest BCUT2D eigenvalue weighted by Gasteiger charge is -2.22. The van der Waals surface area contributed by atoms with Gasteiger partial charge in [-0.3, -0.25) is 4.79 Å². The predicted octanol–water partition coefficient (Wildman–Crippen LogP) is 3.04. The lowest BCUT2D eigenvalue weighted by Crippen LogP contribution is -2.22. The quantitative estimate of drug-likeness (QED) is 0.630. The number of carbonyl (C=O) groups is 1. The Morgan fingerprint density at radius 3 is 2.08 bits per heavy atom. The standard InChI is InChI=1S/C11H20O/c1-8(2)7-9(3)11(5-6-11)10(4)12/h8-9H,5-7H2,1-4H3. The van der Waals surface area contributed by atoms with Gasteiger partial charge in [0.05, 0.1) is 0 Å². The molecule has 0 heterocycles. The average Bonchev–Trinajstić information content (AvgIpc) is 2.63. The van der Waals surface area contributed by atoms with Crippen LogP contribution in [0.5, 0.6) is 0 Å². The van der Waals surface area contributed by atoms with Crippen LogP contribution in [-0.2, 0) is 4.79 Å². The first kappa shape index (κ1) is 9.76. The van der Waals surface area contributed by atoms with Gasteiger partial charge in [0.2, 0.25) is 0 Å². The van der Waals surface area contributed by atoms with Crippen LogP contribution >= 0.6 is 0 Å². The molecule has 0 radical (unpaired) electrons. The summed E-state index contributed by atoms with van der Waals surface area (Å²) in [6, 6.07) is 0. The Hall–Kier alpha value is -0.330. The molecule has 1 heteroatoms. The number of hydrogen-bond acceptors (Lipinski definition) is 1. The van der Waals surface area contributed by atoms with E-state index in [2.05, 4.69) is 20.8 Å². The van der Waals surface area contributed by atoms with E-state index >= 15 is 0 Å². The second-order valence-electron chi connectivity index (χ2n) is 4.74. The molecule has 0 N–H and O–H groups in total. The minimum atomic E-state index is 0.101. The van der Waals surface area contributed by atoms with Crippen LogP contribution in [-0.4, -0.2) is 5.78 Å². The molecule has 1 unspecified atom stereocenters. The van der Waals surface area contributed by atoms with Crippen LogP contribution in [0.4, 0.5) is 0 Å². The summed E-state index contributed by atoms with van der Waals surface area (Å²) < 4.78 is 0. The van der Waals surface area contributed by atoms with Gasteiger partial charge in [0.25, 0.3) is 0 Å². The molecule has 1 atom stereocenters. The van der Waals surface area contributed by atoms with Crippen molar-refractivity contribution in [1.82, 2.24) is 0 Å². The number of rotatable bonds is 4. The van der Waals surface area contributed by atoms with Crippen molar-refractivity contribution in [2.24, 2.45) is 17.3 Å². The number of hydrogen-bond donors (Lipinski definition) is 0. The fourth-order valence-electron chi connectivity index (χ4n) is 2.26. The fourth-order valence-corrected chi connectivity index (χ4v) is 2.26. The number of Topliss-reactive ketones (excluding diaryl/α,β-unsaturated/α-hetero) is 1. The van der Waals surface area contributed by atoms with E-state index < -0.39 is 0 Å². The molecular formula is C11H20O. The highest BCUT2D eigenvalue weighted by molar-refractivity contribution is 5.85. The lowest BCUT2D eigenvalue weighted by molar-refractivity contribution is -0.123. The molecule has 0 aliphatic heterocycles. The van der Waals surface area contributed by atoms with Gasteiger partial charge in [0.15, 0.2) is 0 Å². The van der Waals surface area contributed by atoms with Gasteiger partial charge < -0.3 is 0 Å². The highest BCUT2D eigenvalue weighted by Crippen LogP contribution is 2.54. The molecular weight excluding hydrogens is 148 g/mol. The van der Waals surface area contributed by atoms with Crippen LogP contribution < -0.4 is 0 Å². The van der Waals surface area contributed by atoms with Crippen molar-refractivity contribution in [2.75, 3.05) is 0 Å². The van der Waals surface area contributed by atoms with Crippen LogP contribution in [0.1, 0.15) is 47.0 Å². The number of carbonyl (C=O) groups excluding carboxylic acids is 1. The van der Waals surface area contributed by atoms with E-state index in [1.807, 2.05) is 0 Å². The maximum atomic E-state index is 11.4. The average molecular weight is 168 g/mol. The van der Waals surface area contributed by atoms with Crippen molar-refractivity contribution in [1.29, 1.82) is 0 Å². The van der Waals surface area contributed by atoms with Gasteiger partial charge in [-0.25, -0.2) is 0 Å². The second kappa shape index (κ2) is 3.20. The first-order chi connectivity index (χ1) is 5.49. The second-order valence-corrected chi connectivity index (χ2v) is 4.74. The minimum Gasteiger partial charge on any atom is -0.299 e. The third kappa shape index (κ3) is 1.70. The molecule has 0 bridgehead atoms. The third-order valence-electron chi connectivity index (χ3n) is 3.26. The van der Waals surface area contributed by atoms with Crippen LogP contribution in [0.25, 0.3) is 0 Å². The van der Waals surface area contributed by atoms with Crippen LogP contribution in [0, 0.1) is 17.3 Å². The molecule has 0 aromatic heterocycles. The molecule has 0 spiro atoms. The van der Waals surface area contributed by atoms with E-state index in [1.165, 1.54) is 6.42 Å². The largest absolute Gasteiger partial charge is 0.299 e. The first-order valence-electron chi connectivity index (χ1n) is 5.00. The molecule has 1 saturated carbocycles. The van der Waals surface area contributed by atoms with Gasteiger partial charge in [-0.2, -0.15) is 0 Å². The molecule has 70 valence electrons. The third-order valence-corrected chi connectivity index (χ3v) is 3.26. The molecule has 0 saturated heterocycles. The van der Waals surface area contributed by atoms with Crippen molar-refractivity contribution in [3.63, 3.8) is 0 Å². The fraction of sp³-hybridized carbons (Fsp3) is 0.909. The van der Waals surface area contributed by atoms with Gasteiger partial charge >= 0.3 is 0 Å². The van der Waals surface area contributed by atoms with Gasteiger partial charge in [0, 0.05) is 5.41 Å². The van der Waals surface area contributed by atoms with Crippen molar-refractivity contribution >= 4 is 5.78 Å². The van der Waals surface area contributed by atoms with Crippen molar-refractivity contribution in [2.45, 2.75) is 47.0 Å². The van der Waals surface area contributed by atoms with Crippen LogP contribution in [0.15, 0.2) is 0 Å². The predicted molar refractivity (Wildman–Crippen MR) is 51.0 cm³/mol. The Bertz CT molecular complexity index is 177. The molecule has 1 fully saturated rings. The first-order valence-corrected chi connectivity index (χ1v) is 5.00. The number of ketones is 1. The Kier molecular flexibility index (Phi) is 2.60. The van der Waals surface area contributed by atoms with Gasteiger partial charge in [-0.15, -0.1) is 0 Å². The monoisotopic (exact) mass is 168 g/mol. The Balaban J connectivity index is 2.52. The molecule has 0 amide bonds. The van der Waals surface area contributed by atoms with E-state index in [1.54, 1.807) is 6.92 Å². The van der Waals surface area contributed by atoms with Gasteiger partial charge in [-0.1, -0.05) is 20.8 Å². The summed E-state index contributed by atoms with van der Waals surface area (Å²) in [5, 5.41) is 0. The molecule has 0 aromatic rings. The van der Waals surface area contributed by atoms with Crippen molar-refractivity contribution in [3.8, 4) is 0 Å². The van der Waals surface area contributed by atoms with Crippen molar-refractivity contribution in [3.05, 3.63) is 0 Å². The van der Waals surface area contributed by atoms with Gasteiger partial charge in [-0.05, 0) is 38.0 Å².